The van der Waals surface area contributed by atoms with Gasteiger partial charge < -0.3 is 0 Å². The Labute approximate surface area is 131 Å². The van der Waals surface area contributed by atoms with E-state index >= 15 is 0 Å². The maximum absolute atomic E-state index is 13.2. The van der Waals surface area contributed by atoms with Crippen LogP contribution in [0.4, 0.5) is 13.2 Å². The highest BCUT2D eigenvalue weighted by atomic mass is 79.9. The second-order valence-corrected chi connectivity index (χ2v) is 5.74. The van der Waals surface area contributed by atoms with Crippen LogP contribution in [0.5, 0.6) is 0 Å². The van der Waals surface area contributed by atoms with Gasteiger partial charge in [-0.15, -0.1) is 0 Å². The first-order valence-electron chi connectivity index (χ1n) is 5.87. The molecular weight excluding hydrogens is 369 g/mol. The van der Waals surface area contributed by atoms with E-state index in [1.165, 1.54) is 10.5 Å². The maximum Gasteiger partial charge on any atom is 0.435 e. The van der Waals surface area contributed by atoms with E-state index in [-0.39, 0.29) is 11.3 Å². The van der Waals surface area contributed by atoms with Crippen LogP contribution in [-0.2, 0) is 6.18 Å². The van der Waals surface area contributed by atoms with Gasteiger partial charge in [-0.1, -0.05) is 23.7 Å². The highest BCUT2D eigenvalue weighted by molar-refractivity contribution is 9.10. The molecule has 2 heterocycles. The third-order valence-electron chi connectivity index (χ3n) is 2.97. The first-order chi connectivity index (χ1) is 9.86. The molecule has 3 aromatic rings. The lowest BCUT2D eigenvalue weighted by Crippen LogP contribution is -2.07. The van der Waals surface area contributed by atoms with Crippen molar-refractivity contribution in [2.24, 2.45) is 0 Å². The smallest absolute Gasteiger partial charge is 0.298 e. The molecule has 0 saturated carbocycles. The van der Waals surface area contributed by atoms with E-state index in [0.29, 0.717) is 15.1 Å². The van der Waals surface area contributed by atoms with Gasteiger partial charge in [-0.05, 0) is 40.2 Å². The SMILES string of the molecule is FC(F)(F)c1nc2ccc(Br)cn2c1-c1ccc(Cl)cc1. The Morgan fingerprint density at radius 1 is 1.05 bits per heavy atom. The van der Waals surface area contributed by atoms with Crippen LogP contribution in [0.2, 0.25) is 5.02 Å². The second kappa shape index (κ2) is 5.03. The third-order valence-corrected chi connectivity index (χ3v) is 3.69. The predicted octanol–water partition coefficient (Wildman–Crippen LogP) is 5.44. The van der Waals surface area contributed by atoms with Gasteiger partial charge in [0.2, 0.25) is 0 Å². The lowest BCUT2D eigenvalue weighted by molar-refractivity contribution is -0.140. The van der Waals surface area contributed by atoms with Gasteiger partial charge in [-0.3, -0.25) is 4.40 Å². The molecule has 0 unspecified atom stereocenters. The van der Waals surface area contributed by atoms with Crippen molar-refractivity contribution in [2.75, 3.05) is 0 Å². The molecular formula is C14H7BrClF3N2. The normalized spacial score (nSPS) is 12.0. The van der Waals surface area contributed by atoms with E-state index in [1.54, 1.807) is 36.5 Å². The number of imidazole rings is 1. The Morgan fingerprint density at radius 3 is 2.33 bits per heavy atom. The monoisotopic (exact) mass is 374 g/mol. The van der Waals surface area contributed by atoms with E-state index < -0.39 is 11.9 Å². The Balaban J connectivity index is 2.36. The molecule has 0 atom stereocenters. The van der Waals surface area contributed by atoms with Gasteiger partial charge in [0.25, 0.3) is 0 Å². The Morgan fingerprint density at radius 2 is 1.71 bits per heavy atom. The van der Waals surface area contributed by atoms with Crippen molar-refractivity contribution >= 4 is 33.2 Å². The molecule has 21 heavy (non-hydrogen) atoms. The van der Waals surface area contributed by atoms with Crippen molar-refractivity contribution in [3.05, 3.63) is 57.8 Å². The number of alkyl halides is 3. The van der Waals surface area contributed by atoms with Gasteiger partial charge in [-0.25, -0.2) is 4.98 Å². The molecule has 0 aliphatic heterocycles. The molecule has 2 aromatic heterocycles. The van der Waals surface area contributed by atoms with Crippen LogP contribution in [0.15, 0.2) is 47.1 Å². The Hall–Kier alpha value is -1.53. The number of rotatable bonds is 1. The topological polar surface area (TPSA) is 17.3 Å². The average Bonchev–Trinajstić information content (AvgIpc) is 2.78. The number of hydrogen-bond donors (Lipinski definition) is 0. The number of benzene rings is 1. The van der Waals surface area contributed by atoms with Crippen molar-refractivity contribution < 1.29 is 13.2 Å². The molecule has 0 spiro atoms. The third kappa shape index (κ3) is 2.65. The molecule has 0 amide bonds. The quantitative estimate of drug-likeness (QED) is 0.554. The van der Waals surface area contributed by atoms with Crippen LogP contribution >= 0.6 is 27.5 Å². The summed E-state index contributed by atoms with van der Waals surface area (Å²) >= 11 is 9.05. The molecule has 108 valence electrons. The van der Waals surface area contributed by atoms with Crippen molar-refractivity contribution in [2.45, 2.75) is 6.18 Å². The first-order valence-corrected chi connectivity index (χ1v) is 7.04. The summed E-state index contributed by atoms with van der Waals surface area (Å²) in [6.45, 7) is 0. The highest BCUT2D eigenvalue weighted by Gasteiger charge is 2.38. The summed E-state index contributed by atoms with van der Waals surface area (Å²) in [5, 5.41) is 0.460. The van der Waals surface area contributed by atoms with E-state index in [9.17, 15) is 13.2 Å². The predicted molar refractivity (Wildman–Crippen MR) is 78.3 cm³/mol. The van der Waals surface area contributed by atoms with E-state index in [1.807, 2.05) is 0 Å². The van der Waals surface area contributed by atoms with Crippen molar-refractivity contribution in [1.82, 2.24) is 9.38 Å². The molecule has 0 bridgehead atoms. The van der Waals surface area contributed by atoms with Gasteiger partial charge in [0.15, 0.2) is 5.69 Å². The zero-order valence-corrected chi connectivity index (χ0v) is 12.7. The largest absolute Gasteiger partial charge is 0.435 e. The molecule has 0 saturated heterocycles. The van der Waals surface area contributed by atoms with Crippen molar-refractivity contribution in [3.63, 3.8) is 0 Å². The van der Waals surface area contributed by atoms with Crippen molar-refractivity contribution in [1.29, 1.82) is 0 Å². The van der Waals surface area contributed by atoms with Gasteiger partial charge >= 0.3 is 6.18 Å². The Bertz CT molecular complexity index is 809. The first kappa shape index (κ1) is 14.4. The molecule has 7 heteroatoms. The van der Waals surface area contributed by atoms with E-state index in [4.69, 9.17) is 11.6 Å². The van der Waals surface area contributed by atoms with Crippen molar-refractivity contribution in [3.8, 4) is 11.3 Å². The minimum atomic E-state index is -4.53. The van der Waals surface area contributed by atoms with Crippen LogP contribution in [0.25, 0.3) is 16.9 Å². The Kier molecular flexibility index (Phi) is 3.45. The number of aromatic nitrogens is 2. The van der Waals surface area contributed by atoms with Crippen LogP contribution in [0.1, 0.15) is 5.69 Å². The van der Waals surface area contributed by atoms with Gasteiger partial charge in [-0.2, -0.15) is 13.2 Å². The summed E-state index contributed by atoms with van der Waals surface area (Å²) in [5.41, 5.74) is -0.286. The van der Waals surface area contributed by atoms with Gasteiger partial charge in [0.05, 0.1) is 5.69 Å². The lowest BCUT2D eigenvalue weighted by Gasteiger charge is -2.08. The van der Waals surface area contributed by atoms with Crippen LogP contribution in [0, 0.1) is 0 Å². The molecule has 0 aliphatic rings. The summed E-state index contributed by atoms with van der Waals surface area (Å²) in [6.07, 6.45) is -2.98. The maximum atomic E-state index is 13.2. The number of nitrogens with zero attached hydrogens (tertiary/aromatic N) is 2. The zero-order chi connectivity index (χ0) is 15.2. The van der Waals surface area contributed by atoms with E-state index in [0.717, 1.165) is 0 Å². The molecule has 0 N–H and O–H groups in total. The summed E-state index contributed by atoms with van der Waals surface area (Å²) < 4.78 is 41.8. The molecule has 0 aliphatic carbocycles. The molecule has 0 fully saturated rings. The standard InChI is InChI=1S/C14H7BrClF3N2/c15-9-3-6-11-20-13(14(17,18)19)12(21(11)7-9)8-1-4-10(16)5-2-8/h1-7H. The number of hydrogen-bond acceptors (Lipinski definition) is 1. The van der Waals surface area contributed by atoms with Gasteiger partial charge in [0.1, 0.15) is 5.65 Å². The summed E-state index contributed by atoms with van der Waals surface area (Å²) in [4.78, 5) is 3.71. The molecule has 2 nitrogen and oxygen atoms in total. The fourth-order valence-electron chi connectivity index (χ4n) is 2.10. The number of halogens is 5. The fraction of sp³-hybridized carbons (Fsp3) is 0.0714. The highest BCUT2D eigenvalue weighted by Crippen LogP contribution is 2.37. The van der Waals surface area contributed by atoms with Crippen LogP contribution in [0.3, 0.4) is 0 Å². The summed E-state index contributed by atoms with van der Waals surface area (Å²) in [7, 11) is 0. The van der Waals surface area contributed by atoms with Crippen LogP contribution in [-0.4, -0.2) is 9.38 Å². The van der Waals surface area contributed by atoms with Crippen LogP contribution < -0.4 is 0 Å². The molecule has 3 rings (SSSR count). The zero-order valence-electron chi connectivity index (χ0n) is 10.3. The summed E-state index contributed by atoms with van der Waals surface area (Å²) in [5.74, 6) is 0. The minimum absolute atomic E-state index is 0.00420. The summed E-state index contributed by atoms with van der Waals surface area (Å²) in [6, 6.07) is 9.36. The lowest BCUT2D eigenvalue weighted by atomic mass is 10.1. The number of fused-ring (bicyclic) bond motifs is 1. The second-order valence-electron chi connectivity index (χ2n) is 4.39. The molecule has 1 aromatic carbocycles. The minimum Gasteiger partial charge on any atom is -0.298 e. The fourth-order valence-corrected chi connectivity index (χ4v) is 2.56. The number of pyridine rings is 1. The van der Waals surface area contributed by atoms with E-state index in [2.05, 4.69) is 20.9 Å². The van der Waals surface area contributed by atoms with Gasteiger partial charge in [0, 0.05) is 21.3 Å². The molecule has 0 radical (unpaired) electrons. The average molecular weight is 376 g/mol.